The van der Waals surface area contributed by atoms with Crippen LogP contribution < -0.4 is 5.32 Å². The van der Waals surface area contributed by atoms with Gasteiger partial charge >= 0.3 is 0 Å². The van der Waals surface area contributed by atoms with Crippen LogP contribution in [0.3, 0.4) is 0 Å². The molecule has 0 aliphatic carbocycles. The molecule has 1 aromatic rings. The molecule has 0 radical (unpaired) electrons. The van der Waals surface area contributed by atoms with E-state index in [0.717, 1.165) is 6.42 Å². The first-order valence-electron chi connectivity index (χ1n) is 7.22. The van der Waals surface area contributed by atoms with Gasteiger partial charge in [-0.05, 0) is 42.9 Å². The average Bonchev–Trinajstić information content (AvgIpc) is 2.33. The molecule has 0 amide bonds. The van der Waals surface area contributed by atoms with E-state index in [9.17, 15) is 0 Å². The number of hydrogen-bond donors (Lipinski definition) is 1. The zero-order valence-electron chi connectivity index (χ0n) is 12.7. The first kappa shape index (κ1) is 15.2. The zero-order chi connectivity index (χ0) is 13.6. The van der Waals surface area contributed by atoms with Gasteiger partial charge in [-0.1, -0.05) is 58.4 Å². The van der Waals surface area contributed by atoms with E-state index in [1.807, 2.05) is 0 Å². The van der Waals surface area contributed by atoms with E-state index >= 15 is 0 Å². The third kappa shape index (κ3) is 5.22. The van der Waals surface area contributed by atoms with Crippen molar-refractivity contribution < 1.29 is 0 Å². The van der Waals surface area contributed by atoms with Crippen LogP contribution in [0, 0.1) is 5.41 Å². The molecule has 0 heterocycles. The minimum Gasteiger partial charge on any atom is -0.313 e. The molecule has 1 atom stereocenters. The van der Waals surface area contributed by atoms with Gasteiger partial charge in [0.1, 0.15) is 0 Å². The van der Waals surface area contributed by atoms with Gasteiger partial charge in [0.25, 0.3) is 0 Å². The summed E-state index contributed by atoms with van der Waals surface area (Å²) < 4.78 is 0. The average molecular weight is 247 g/mol. The second kappa shape index (κ2) is 6.94. The maximum atomic E-state index is 3.44. The molecular weight excluding hydrogens is 218 g/mol. The topological polar surface area (TPSA) is 12.0 Å². The molecule has 18 heavy (non-hydrogen) atoms. The van der Waals surface area contributed by atoms with Crippen LogP contribution in [-0.2, 0) is 6.42 Å². The molecule has 1 N–H and O–H groups in total. The quantitative estimate of drug-likeness (QED) is 0.766. The van der Waals surface area contributed by atoms with Gasteiger partial charge in [-0.15, -0.1) is 0 Å². The Morgan fingerprint density at radius 3 is 2.17 bits per heavy atom. The molecule has 0 fully saturated rings. The van der Waals surface area contributed by atoms with Crippen LogP contribution in [0.2, 0.25) is 0 Å². The van der Waals surface area contributed by atoms with Crippen LogP contribution in [0.1, 0.15) is 64.1 Å². The predicted molar refractivity (Wildman–Crippen MR) is 80.9 cm³/mol. The molecule has 1 unspecified atom stereocenters. The van der Waals surface area contributed by atoms with Gasteiger partial charge in [-0.3, -0.25) is 0 Å². The van der Waals surface area contributed by atoms with E-state index in [4.69, 9.17) is 0 Å². The highest BCUT2D eigenvalue weighted by atomic mass is 14.9. The lowest BCUT2D eigenvalue weighted by Gasteiger charge is -2.26. The fourth-order valence-corrected chi connectivity index (χ4v) is 2.30. The van der Waals surface area contributed by atoms with E-state index in [2.05, 4.69) is 64.3 Å². The lowest BCUT2D eigenvalue weighted by atomic mass is 9.85. The highest BCUT2D eigenvalue weighted by Crippen LogP contribution is 2.29. The van der Waals surface area contributed by atoms with Gasteiger partial charge in [0.2, 0.25) is 0 Å². The monoisotopic (exact) mass is 247 g/mol. The number of hydrogen-bond acceptors (Lipinski definition) is 1. The Hall–Kier alpha value is -0.820. The van der Waals surface area contributed by atoms with Crippen molar-refractivity contribution in [3.63, 3.8) is 0 Å². The van der Waals surface area contributed by atoms with Gasteiger partial charge < -0.3 is 5.32 Å². The van der Waals surface area contributed by atoms with Crippen LogP contribution in [0.25, 0.3) is 0 Å². The summed E-state index contributed by atoms with van der Waals surface area (Å²) >= 11 is 0. The first-order chi connectivity index (χ1) is 8.46. The molecule has 1 heteroatoms. The highest BCUT2D eigenvalue weighted by molar-refractivity contribution is 5.25. The van der Waals surface area contributed by atoms with E-state index in [0.29, 0.717) is 11.5 Å². The molecule has 0 aromatic heterocycles. The summed E-state index contributed by atoms with van der Waals surface area (Å²) in [5.41, 5.74) is 3.23. The Balaban J connectivity index is 2.69. The molecule has 0 aliphatic heterocycles. The Morgan fingerprint density at radius 1 is 1.11 bits per heavy atom. The molecule has 0 aliphatic rings. The van der Waals surface area contributed by atoms with Crippen molar-refractivity contribution in [2.75, 3.05) is 7.05 Å². The Morgan fingerprint density at radius 2 is 1.72 bits per heavy atom. The Bertz CT molecular complexity index is 332. The minimum absolute atomic E-state index is 0.356. The van der Waals surface area contributed by atoms with Gasteiger partial charge in [0.15, 0.2) is 0 Å². The largest absolute Gasteiger partial charge is 0.313 e. The van der Waals surface area contributed by atoms with E-state index in [1.54, 1.807) is 0 Å². The van der Waals surface area contributed by atoms with Crippen LogP contribution >= 0.6 is 0 Å². The smallest absolute Gasteiger partial charge is 0.0322 e. The molecule has 0 bridgehead atoms. The molecule has 1 nitrogen and oxygen atoms in total. The minimum atomic E-state index is 0.356. The molecule has 0 spiro atoms. The maximum absolute atomic E-state index is 3.44. The van der Waals surface area contributed by atoms with Crippen molar-refractivity contribution in [2.24, 2.45) is 5.41 Å². The Kier molecular flexibility index (Phi) is 5.87. The van der Waals surface area contributed by atoms with Crippen LogP contribution in [0.15, 0.2) is 24.3 Å². The van der Waals surface area contributed by atoms with Gasteiger partial charge in [0, 0.05) is 6.04 Å². The third-order valence-electron chi connectivity index (χ3n) is 3.37. The predicted octanol–water partition coefficient (Wildman–Crippen LogP) is 4.73. The van der Waals surface area contributed by atoms with Gasteiger partial charge in [0.05, 0.1) is 0 Å². The molecule has 0 saturated heterocycles. The SMILES string of the molecule is CCCCc1ccc(C(CC(C)(C)C)NC)cc1. The lowest BCUT2D eigenvalue weighted by Crippen LogP contribution is -2.22. The molecule has 1 rings (SSSR count). The summed E-state index contributed by atoms with van der Waals surface area (Å²) in [6, 6.07) is 9.62. The van der Waals surface area contributed by atoms with Crippen molar-refractivity contribution >= 4 is 0 Å². The van der Waals surface area contributed by atoms with Crippen molar-refractivity contribution in [1.82, 2.24) is 5.32 Å². The van der Waals surface area contributed by atoms with Crippen LogP contribution in [-0.4, -0.2) is 7.05 Å². The second-order valence-corrected chi connectivity index (χ2v) is 6.45. The van der Waals surface area contributed by atoms with Crippen molar-refractivity contribution in [2.45, 2.75) is 59.4 Å². The summed E-state index contributed by atoms with van der Waals surface area (Å²) in [4.78, 5) is 0. The highest BCUT2D eigenvalue weighted by Gasteiger charge is 2.18. The number of benzene rings is 1. The number of unbranched alkanes of at least 4 members (excludes halogenated alkanes) is 1. The summed E-state index contributed by atoms with van der Waals surface area (Å²) in [5.74, 6) is 0. The Labute approximate surface area is 113 Å². The van der Waals surface area contributed by atoms with Crippen molar-refractivity contribution in [3.05, 3.63) is 35.4 Å². The van der Waals surface area contributed by atoms with Crippen LogP contribution in [0.4, 0.5) is 0 Å². The standard InChI is InChI=1S/C17H29N/c1-6-7-8-14-9-11-15(12-10-14)16(18-5)13-17(2,3)4/h9-12,16,18H,6-8,13H2,1-5H3. The fourth-order valence-electron chi connectivity index (χ4n) is 2.30. The normalized spacial score (nSPS) is 13.6. The summed E-state index contributed by atoms with van der Waals surface area (Å²) in [5, 5.41) is 3.44. The molecule has 0 saturated carbocycles. The number of nitrogens with one attached hydrogen (secondary N) is 1. The van der Waals surface area contributed by atoms with E-state index in [-0.39, 0.29) is 0 Å². The zero-order valence-corrected chi connectivity index (χ0v) is 12.7. The molecule has 102 valence electrons. The third-order valence-corrected chi connectivity index (χ3v) is 3.37. The second-order valence-electron chi connectivity index (χ2n) is 6.45. The van der Waals surface area contributed by atoms with Gasteiger partial charge in [-0.25, -0.2) is 0 Å². The van der Waals surface area contributed by atoms with Crippen molar-refractivity contribution in [1.29, 1.82) is 0 Å². The lowest BCUT2D eigenvalue weighted by molar-refractivity contribution is 0.321. The number of aryl methyl sites for hydroxylation is 1. The first-order valence-corrected chi connectivity index (χ1v) is 7.22. The fraction of sp³-hybridized carbons (Fsp3) is 0.647. The van der Waals surface area contributed by atoms with Crippen LogP contribution in [0.5, 0.6) is 0 Å². The van der Waals surface area contributed by atoms with Crippen molar-refractivity contribution in [3.8, 4) is 0 Å². The molecular formula is C17H29N. The summed E-state index contributed by atoms with van der Waals surface area (Å²) in [6.07, 6.45) is 4.93. The van der Waals surface area contributed by atoms with E-state index < -0.39 is 0 Å². The summed E-state index contributed by atoms with van der Waals surface area (Å²) in [6.45, 7) is 9.14. The number of rotatable bonds is 6. The van der Waals surface area contributed by atoms with Gasteiger partial charge in [-0.2, -0.15) is 0 Å². The molecule has 1 aromatic carbocycles. The maximum Gasteiger partial charge on any atom is 0.0322 e. The summed E-state index contributed by atoms with van der Waals surface area (Å²) in [7, 11) is 2.06. The van der Waals surface area contributed by atoms with E-state index in [1.165, 1.54) is 30.4 Å².